The number of non-ortho nitro benzene ring substituents is 1. The normalized spacial score (nSPS) is 10.7. The van der Waals surface area contributed by atoms with Crippen LogP contribution in [0.3, 0.4) is 0 Å². The monoisotopic (exact) mass is 331 g/mol. The summed E-state index contributed by atoms with van der Waals surface area (Å²) in [6.45, 7) is 0. The zero-order chi connectivity index (χ0) is 17.2. The van der Waals surface area contributed by atoms with Gasteiger partial charge < -0.3 is 9.40 Å². The van der Waals surface area contributed by atoms with Gasteiger partial charge in [0.2, 0.25) is 0 Å². The maximum absolute atomic E-state index is 10.9. The summed E-state index contributed by atoms with van der Waals surface area (Å²) in [6, 6.07) is 19.8. The fraction of sp³-hybridized carbons (Fsp3) is 0. The molecule has 2 heterocycles. The van der Waals surface area contributed by atoms with E-state index in [1.807, 2.05) is 36.4 Å². The van der Waals surface area contributed by atoms with Crippen molar-refractivity contribution in [1.82, 2.24) is 9.97 Å². The molecule has 0 bridgehead atoms. The molecule has 0 amide bonds. The summed E-state index contributed by atoms with van der Waals surface area (Å²) < 4.78 is 5.43. The first-order valence-electron chi connectivity index (χ1n) is 7.66. The van der Waals surface area contributed by atoms with Crippen LogP contribution in [0.25, 0.3) is 34.1 Å². The lowest BCUT2D eigenvalue weighted by atomic mass is 10.0. The summed E-state index contributed by atoms with van der Waals surface area (Å²) >= 11 is 0. The zero-order valence-corrected chi connectivity index (χ0v) is 13.0. The molecule has 0 spiro atoms. The van der Waals surface area contributed by atoms with E-state index in [9.17, 15) is 10.1 Å². The fourth-order valence-electron chi connectivity index (χ4n) is 2.67. The molecule has 6 heteroatoms. The summed E-state index contributed by atoms with van der Waals surface area (Å²) in [6.07, 6.45) is 1.59. The first-order chi connectivity index (χ1) is 12.2. The third-order valence-electron chi connectivity index (χ3n) is 3.87. The van der Waals surface area contributed by atoms with Gasteiger partial charge in [0.15, 0.2) is 11.6 Å². The van der Waals surface area contributed by atoms with E-state index in [0.717, 1.165) is 22.5 Å². The van der Waals surface area contributed by atoms with Crippen molar-refractivity contribution in [2.24, 2.45) is 0 Å². The molecule has 0 aliphatic heterocycles. The van der Waals surface area contributed by atoms with Crippen molar-refractivity contribution in [1.29, 1.82) is 0 Å². The predicted octanol–water partition coefficient (Wildman–Crippen LogP) is 4.91. The zero-order valence-electron chi connectivity index (χ0n) is 13.0. The maximum atomic E-state index is 10.9. The third kappa shape index (κ3) is 2.81. The molecule has 4 aromatic rings. The van der Waals surface area contributed by atoms with E-state index in [2.05, 4.69) is 9.97 Å². The van der Waals surface area contributed by atoms with Crippen molar-refractivity contribution in [2.45, 2.75) is 0 Å². The van der Waals surface area contributed by atoms with Gasteiger partial charge in [-0.3, -0.25) is 10.1 Å². The number of hydrogen-bond donors (Lipinski definition) is 1. The number of H-pyrrole nitrogens is 1. The van der Waals surface area contributed by atoms with Crippen molar-refractivity contribution >= 4 is 5.69 Å². The van der Waals surface area contributed by atoms with E-state index in [-0.39, 0.29) is 5.69 Å². The molecule has 122 valence electrons. The van der Waals surface area contributed by atoms with Gasteiger partial charge in [0, 0.05) is 23.3 Å². The molecule has 0 radical (unpaired) electrons. The molecule has 2 aromatic carbocycles. The second-order valence-electron chi connectivity index (χ2n) is 5.46. The van der Waals surface area contributed by atoms with Crippen LogP contribution in [-0.4, -0.2) is 14.9 Å². The van der Waals surface area contributed by atoms with Gasteiger partial charge in [-0.05, 0) is 24.3 Å². The smallest absolute Gasteiger partial charge is 0.269 e. The van der Waals surface area contributed by atoms with Crippen LogP contribution in [0, 0.1) is 10.1 Å². The van der Waals surface area contributed by atoms with Crippen LogP contribution in [0.5, 0.6) is 0 Å². The first-order valence-corrected chi connectivity index (χ1v) is 7.66. The second kappa shape index (κ2) is 6.09. The van der Waals surface area contributed by atoms with E-state index in [1.165, 1.54) is 12.1 Å². The Labute approximate surface area is 142 Å². The van der Waals surface area contributed by atoms with Gasteiger partial charge in [-0.15, -0.1) is 0 Å². The number of furan rings is 1. The quantitative estimate of drug-likeness (QED) is 0.425. The molecule has 1 N–H and O–H groups in total. The summed E-state index contributed by atoms with van der Waals surface area (Å²) in [7, 11) is 0. The molecule has 25 heavy (non-hydrogen) atoms. The lowest BCUT2D eigenvalue weighted by molar-refractivity contribution is -0.384. The molecule has 0 aliphatic rings. The summed E-state index contributed by atoms with van der Waals surface area (Å²) in [5.41, 5.74) is 3.36. The average molecular weight is 331 g/mol. The van der Waals surface area contributed by atoms with Crippen LogP contribution in [-0.2, 0) is 0 Å². The Bertz CT molecular complexity index is 1000. The molecule has 0 unspecified atom stereocenters. The number of aromatic amines is 1. The lowest BCUT2D eigenvalue weighted by Gasteiger charge is -2.03. The standard InChI is InChI=1S/C19H13N3O3/c23-22(24)15-10-8-14(9-11-15)18-17(13-5-2-1-3-6-13)20-19(21-18)16-7-4-12-25-16/h1-12H,(H,20,21). The largest absolute Gasteiger partial charge is 0.461 e. The van der Waals surface area contributed by atoms with Gasteiger partial charge in [0.25, 0.3) is 5.69 Å². The highest BCUT2D eigenvalue weighted by molar-refractivity contribution is 5.81. The maximum Gasteiger partial charge on any atom is 0.269 e. The number of imidazole rings is 1. The molecular weight excluding hydrogens is 318 g/mol. The second-order valence-corrected chi connectivity index (χ2v) is 5.46. The number of nitro groups is 1. The van der Waals surface area contributed by atoms with Crippen molar-refractivity contribution in [2.75, 3.05) is 0 Å². The fourth-order valence-corrected chi connectivity index (χ4v) is 2.67. The minimum atomic E-state index is -0.414. The molecule has 0 fully saturated rings. The minimum Gasteiger partial charge on any atom is -0.461 e. The Morgan fingerprint density at radius 3 is 2.32 bits per heavy atom. The molecule has 0 atom stereocenters. The first kappa shape index (κ1) is 14.9. The number of nitro benzene ring substituents is 1. The van der Waals surface area contributed by atoms with Gasteiger partial charge >= 0.3 is 0 Å². The molecular formula is C19H13N3O3. The lowest BCUT2D eigenvalue weighted by Crippen LogP contribution is -1.88. The van der Waals surface area contributed by atoms with E-state index >= 15 is 0 Å². The Morgan fingerprint density at radius 2 is 1.68 bits per heavy atom. The third-order valence-corrected chi connectivity index (χ3v) is 3.87. The Hall–Kier alpha value is -3.67. The molecule has 0 saturated carbocycles. The van der Waals surface area contributed by atoms with Gasteiger partial charge in [-0.2, -0.15) is 0 Å². The van der Waals surface area contributed by atoms with Gasteiger partial charge in [-0.1, -0.05) is 30.3 Å². The summed E-state index contributed by atoms with van der Waals surface area (Å²) in [5, 5.41) is 10.9. The summed E-state index contributed by atoms with van der Waals surface area (Å²) in [4.78, 5) is 18.4. The van der Waals surface area contributed by atoms with E-state index in [0.29, 0.717) is 11.6 Å². The Morgan fingerprint density at radius 1 is 0.920 bits per heavy atom. The SMILES string of the molecule is O=[N+]([O-])c1ccc(-c2[nH]c(-c3ccco3)nc2-c2ccccc2)cc1. The summed E-state index contributed by atoms with van der Waals surface area (Å²) in [5.74, 6) is 1.24. The van der Waals surface area contributed by atoms with Crippen molar-refractivity contribution in [3.63, 3.8) is 0 Å². The highest BCUT2D eigenvalue weighted by Crippen LogP contribution is 2.33. The van der Waals surface area contributed by atoms with E-state index < -0.39 is 4.92 Å². The molecule has 0 saturated heterocycles. The van der Waals surface area contributed by atoms with Crippen LogP contribution in [0.15, 0.2) is 77.4 Å². The van der Waals surface area contributed by atoms with Crippen LogP contribution in [0.1, 0.15) is 0 Å². The Kier molecular flexibility index (Phi) is 3.63. The van der Waals surface area contributed by atoms with Crippen LogP contribution in [0.2, 0.25) is 0 Å². The van der Waals surface area contributed by atoms with Gasteiger partial charge in [0.05, 0.1) is 22.6 Å². The average Bonchev–Trinajstić information content (AvgIpc) is 3.32. The molecule has 0 aliphatic carbocycles. The van der Waals surface area contributed by atoms with Crippen LogP contribution in [0.4, 0.5) is 5.69 Å². The number of hydrogen-bond acceptors (Lipinski definition) is 4. The van der Waals surface area contributed by atoms with Crippen LogP contribution < -0.4 is 0 Å². The molecule has 4 rings (SSSR count). The van der Waals surface area contributed by atoms with Gasteiger partial charge in [0.1, 0.15) is 0 Å². The van der Waals surface area contributed by atoms with Gasteiger partial charge in [-0.25, -0.2) is 4.98 Å². The van der Waals surface area contributed by atoms with Crippen molar-refractivity contribution < 1.29 is 9.34 Å². The number of rotatable bonds is 4. The number of benzene rings is 2. The topological polar surface area (TPSA) is 85.0 Å². The predicted molar refractivity (Wildman–Crippen MR) is 93.8 cm³/mol. The molecule has 2 aromatic heterocycles. The Balaban J connectivity index is 1.86. The minimum absolute atomic E-state index is 0.0517. The molecule has 6 nitrogen and oxygen atoms in total. The number of nitrogens with zero attached hydrogens (tertiary/aromatic N) is 2. The number of aromatic nitrogens is 2. The highest BCUT2D eigenvalue weighted by atomic mass is 16.6. The van der Waals surface area contributed by atoms with E-state index in [1.54, 1.807) is 24.5 Å². The van der Waals surface area contributed by atoms with Crippen molar-refractivity contribution in [3.05, 3.63) is 83.1 Å². The highest BCUT2D eigenvalue weighted by Gasteiger charge is 2.17. The van der Waals surface area contributed by atoms with Crippen molar-refractivity contribution in [3.8, 4) is 34.1 Å². The van der Waals surface area contributed by atoms with E-state index in [4.69, 9.17) is 4.42 Å². The van der Waals surface area contributed by atoms with Crippen LogP contribution >= 0.6 is 0 Å². The number of nitrogens with one attached hydrogen (secondary N) is 1.